The smallest absolute Gasteiger partial charge is 0.261 e. The van der Waals surface area contributed by atoms with Crippen LogP contribution in [0.5, 0.6) is 0 Å². The maximum atomic E-state index is 12.1. The molecule has 1 saturated heterocycles. The van der Waals surface area contributed by atoms with Crippen LogP contribution >= 0.6 is 11.3 Å². The van der Waals surface area contributed by atoms with Crippen molar-refractivity contribution >= 4 is 17.2 Å². The average Bonchev–Trinajstić information content (AvgIpc) is 3.09. The predicted octanol–water partition coefficient (Wildman–Crippen LogP) is 1.95. The van der Waals surface area contributed by atoms with Crippen molar-refractivity contribution in [2.45, 2.75) is 26.2 Å². The molecule has 1 aliphatic rings. The van der Waals surface area contributed by atoms with E-state index in [4.69, 9.17) is 9.84 Å². The molecule has 1 atom stereocenters. The van der Waals surface area contributed by atoms with Gasteiger partial charge in [-0.25, -0.2) is 0 Å². The number of carbonyl (C=O) groups is 1. The quantitative estimate of drug-likeness (QED) is 0.818. The van der Waals surface area contributed by atoms with Crippen LogP contribution in [-0.4, -0.2) is 37.4 Å². The van der Waals surface area contributed by atoms with E-state index in [1.54, 1.807) is 0 Å². The van der Waals surface area contributed by atoms with Gasteiger partial charge in [0.05, 0.1) is 16.4 Å². The van der Waals surface area contributed by atoms with Crippen LogP contribution in [0, 0.1) is 24.7 Å². The van der Waals surface area contributed by atoms with Crippen molar-refractivity contribution in [1.82, 2.24) is 5.32 Å². The maximum Gasteiger partial charge on any atom is 0.261 e. The molecule has 2 heterocycles. The van der Waals surface area contributed by atoms with E-state index in [0.29, 0.717) is 23.8 Å². The van der Waals surface area contributed by atoms with Crippen LogP contribution in [0.2, 0.25) is 0 Å². The standard InChI is InChI=1S/C16H21NO3S/c1-12-10-15(21-14(12)4-2-3-8-18)16(19)17-7-5-13-6-9-20-11-13/h10,13,18H,3,5-9,11H2,1H3,(H,17,19). The third-order valence-electron chi connectivity index (χ3n) is 3.44. The second-order valence-electron chi connectivity index (χ2n) is 5.17. The lowest BCUT2D eigenvalue weighted by Gasteiger charge is -2.07. The Morgan fingerprint density at radius 2 is 2.48 bits per heavy atom. The molecule has 2 N–H and O–H groups in total. The molecule has 0 spiro atoms. The predicted molar refractivity (Wildman–Crippen MR) is 83.5 cm³/mol. The lowest BCUT2D eigenvalue weighted by molar-refractivity contribution is 0.0954. The van der Waals surface area contributed by atoms with E-state index in [0.717, 1.165) is 36.5 Å². The minimum Gasteiger partial charge on any atom is -0.395 e. The van der Waals surface area contributed by atoms with Gasteiger partial charge in [-0.05, 0) is 37.3 Å². The van der Waals surface area contributed by atoms with E-state index in [1.165, 1.54) is 11.3 Å². The van der Waals surface area contributed by atoms with Crippen molar-refractivity contribution in [1.29, 1.82) is 0 Å². The van der Waals surface area contributed by atoms with Crippen molar-refractivity contribution in [3.05, 3.63) is 21.4 Å². The van der Waals surface area contributed by atoms with Gasteiger partial charge < -0.3 is 15.2 Å². The topological polar surface area (TPSA) is 58.6 Å². The van der Waals surface area contributed by atoms with E-state index in [2.05, 4.69) is 17.2 Å². The van der Waals surface area contributed by atoms with Gasteiger partial charge in [0.25, 0.3) is 5.91 Å². The molecule has 0 saturated carbocycles. The van der Waals surface area contributed by atoms with Crippen LogP contribution in [0.25, 0.3) is 0 Å². The van der Waals surface area contributed by atoms with Gasteiger partial charge in [-0.1, -0.05) is 11.8 Å². The number of nitrogens with one attached hydrogen (secondary N) is 1. The van der Waals surface area contributed by atoms with Gasteiger partial charge in [0.2, 0.25) is 0 Å². The summed E-state index contributed by atoms with van der Waals surface area (Å²) in [6.07, 6.45) is 2.53. The third kappa shape index (κ3) is 4.85. The number of aryl methyl sites for hydroxylation is 1. The van der Waals surface area contributed by atoms with Crippen LogP contribution in [0.1, 0.15) is 39.4 Å². The number of rotatable bonds is 5. The lowest BCUT2D eigenvalue weighted by atomic mass is 10.1. The van der Waals surface area contributed by atoms with Crippen LogP contribution in [0.15, 0.2) is 6.07 Å². The molecule has 1 fully saturated rings. The summed E-state index contributed by atoms with van der Waals surface area (Å²) in [4.78, 5) is 13.7. The maximum absolute atomic E-state index is 12.1. The minimum atomic E-state index is -0.0303. The molecule has 0 bridgehead atoms. The summed E-state index contributed by atoms with van der Waals surface area (Å²) < 4.78 is 5.32. The summed E-state index contributed by atoms with van der Waals surface area (Å²) in [5.74, 6) is 6.44. The fraction of sp³-hybridized carbons (Fsp3) is 0.562. The molecular weight excluding hydrogens is 286 g/mol. The van der Waals surface area contributed by atoms with Gasteiger partial charge in [-0.2, -0.15) is 0 Å². The molecule has 21 heavy (non-hydrogen) atoms. The highest BCUT2D eigenvalue weighted by atomic mass is 32.1. The summed E-state index contributed by atoms with van der Waals surface area (Å²) in [5.41, 5.74) is 1.01. The Bertz CT molecular complexity index is 535. The monoisotopic (exact) mass is 307 g/mol. The molecule has 1 aromatic heterocycles. The first-order valence-corrected chi connectivity index (χ1v) is 8.08. The zero-order chi connectivity index (χ0) is 15.1. The largest absolute Gasteiger partial charge is 0.395 e. The molecule has 5 heteroatoms. The Balaban J connectivity index is 1.84. The van der Waals surface area contributed by atoms with Crippen molar-refractivity contribution < 1.29 is 14.6 Å². The van der Waals surface area contributed by atoms with Gasteiger partial charge >= 0.3 is 0 Å². The first-order chi connectivity index (χ1) is 10.2. The highest BCUT2D eigenvalue weighted by molar-refractivity contribution is 7.14. The summed E-state index contributed by atoms with van der Waals surface area (Å²) in [6, 6.07) is 1.88. The fourth-order valence-corrected chi connectivity index (χ4v) is 3.17. The van der Waals surface area contributed by atoms with Crippen LogP contribution < -0.4 is 5.32 Å². The van der Waals surface area contributed by atoms with E-state index in [9.17, 15) is 4.79 Å². The van der Waals surface area contributed by atoms with Crippen molar-refractivity contribution in [3.8, 4) is 11.8 Å². The molecule has 1 aromatic rings. The Hall–Kier alpha value is -1.35. The van der Waals surface area contributed by atoms with E-state index < -0.39 is 0 Å². The van der Waals surface area contributed by atoms with Gasteiger partial charge in [0, 0.05) is 26.2 Å². The highest BCUT2D eigenvalue weighted by Gasteiger charge is 2.16. The molecule has 2 rings (SSSR count). The number of amides is 1. The van der Waals surface area contributed by atoms with Crippen LogP contribution in [0.4, 0.5) is 0 Å². The Morgan fingerprint density at radius 3 is 3.19 bits per heavy atom. The molecule has 0 aromatic carbocycles. The number of hydrogen-bond donors (Lipinski definition) is 2. The number of aliphatic hydroxyl groups excluding tert-OH is 1. The molecule has 1 amide bonds. The molecule has 1 aliphatic heterocycles. The minimum absolute atomic E-state index is 0.0303. The van der Waals surface area contributed by atoms with Gasteiger partial charge in [0.1, 0.15) is 0 Å². The normalized spacial score (nSPS) is 17.3. The first kappa shape index (κ1) is 16.0. The Labute approximate surface area is 129 Å². The molecule has 0 radical (unpaired) electrons. The van der Waals surface area contributed by atoms with E-state index >= 15 is 0 Å². The molecular formula is C16H21NO3S. The zero-order valence-electron chi connectivity index (χ0n) is 12.3. The van der Waals surface area contributed by atoms with Crippen molar-refractivity contribution in [2.24, 2.45) is 5.92 Å². The van der Waals surface area contributed by atoms with E-state index in [-0.39, 0.29) is 12.5 Å². The molecule has 1 unspecified atom stereocenters. The number of carbonyl (C=O) groups excluding carboxylic acids is 1. The average molecular weight is 307 g/mol. The first-order valence-electron chi connectivity index (χ1n) is 7.27. The second kappa shape index (κ2) is 8.18. The number of hydrogen-bond acceptors (Lipinski definition) is 4. The molecule has 4 nitrogen and oxygen atoms in total. The summed E-state index contributed by atoms with van der Waals surface area (Å²) >= 11 is 1.41. The van der Waals surface area contributed by atoms with Gasteiger partial charge in [-0.3, -0.25) is 4.79 Å². The second-order valence-corrected chi connectivity index (χ2v) is 6.22. The molecule has 114 valence electrons. The fourth-order valence-electron chi connectivity index (χ4n) is 2.20. The van der Waals surface area contributed by atoms with Crippen LogP contribution in [0.3, 0.4) is 0 Å². The van der Waals surface area contributed by atoms with Gasteiger partial charge in [0.15, 0.2) is 0 Å². The molecule has 0 aliphatic carbocycles. The highest BCUT2D eigenvalue weighted by Crippen LogP contribution is 2.21. The van der Waals surface area contributed by atoms with Gasteiger partial charge in [-0.15, -0.1) is 11.3 Å². The van der Waals surface area contributed by atoms with E-state index in [1.807, 2.05) is 13.0 Å². The summed E-state index contributed by atoms with van der Waals surface area (Å²) in [6.45, 7) is 4.37. The van der Waals surface area contributed by atoms with Crippen LogP contribution in [-0.2, 0) is 4.74 Å². The number of ether oxygens (including phenoxy) is 1. The van der Waals surface area contributed by atoms with Crippen molar-refractivity contribution in [2.75, 3.05) is 26.4 Å². The Kier molecular flexibility index (Phi) is 6.24. The lowest BCUT2D eigenvalue weighted by Crippen LogP contribution is -2.25. The SMILES string of the molecule is Cc1cc(C(=O)NCCC2CCOC2)sc1C#CCCO. The number of thiophene rings is 1. The van der Waals surface area contributed by atoms with Crippen molar-refractivity contribution in [3.63, 3.8) is 0 Å². The third-order valence-corrected chi connectivity index (χ3v) is 4.59. The Morgan fingerprint density at radius 1 is 1.62 bits per heavy atom. The summed E-state index contributed by atoms with van der Waals surface area (Å²) in [7, 11) is 0. The summed E-state index contributed by atoms with van der Waals surface area (Å²) in [5, 5.41) is 11.7. The zero-order valence-corrected chi connectivity index (χ0v) is 13.1. The number of aliphatic hydroxyl groups is 1.